The standard InChI is InChI=1S/C12H15ClN2O5/c1-3-20-11(16)12(2,17)7-14-10-5-4-8(15(18)19)6-9(10)13/h4-6,14,17H,3,7H2,1-2H3/t12-/m1/s1. The van der Waals surface area contributed by atoms with Crippen LogP contribution in [0.15, 0.2) is 18.2 Å². The second-order valence-electron chi connectivity index (χ2n) is 4.27. The summed E-state index contributed by atoms with van der Waals surface area (Å²) in [5.41, 5.74) is -1.49. The summed E-state index contributed by atoms with van der Waals surface area (Å²) in [6.07, 6.45) is 0. The fraction of sp³-hybridized carbons (Fsp3) is 0.417. The van der Waals surface area contributed by atoms with E-state index in [0.29, 0.717) is 5.69 Å². The molecule has 1 atom stereocenters. The van der Waals surface area contributed by atoms with E-state index >= 15 is 0 Å². The number of rotatable bonds is 6. The lowest BCUT2D eigenvalue weighted by Crippen LogP contribution is -2.43. The van der Waals surface area contributed by atoms with Gasteiger partial charge in [0.25, 0.3) is 5.69 Å². The minimum absolute atomic E-state index is 0.124. The summed E-state index contributed by atoms with van der Waals surface area (Å²) in [5, 5.41) is 23.4. The molecule has 1 aromatic rings. The van der Waals surface area contributed by atoms with Crippen molar-refractivity contribution in [1.82, 2.24) is 0 Å². The number of esters is 1. The molecule has 0 saturated carbocycles. The first kappa shape index (κ1) is 16.2. The average Bonchev–Trinajstić information content (AvgIpc) is 2.37. The summed E-state index contributed by atoms with van der Waals surface area (Å²) in [5.74, 6) is -0.759. The number of non-ortho nitro benzene ring substituents is 1. The summed E-state index contributed by atoms with van der Waals surface area (Å²) in [6, 6.07) is 3.86. The van der Waals surface area contributed by atoms with Gasteiger partial charge < -0.3 is 15.2 Å². The number of aliphatic hydroxyl groups is 1. The summed E-state index contributed by atoms with van der Waals surface area (Å²) >= 11 is 5.88. The van der Waals surface area contributed by atoms with Crippen molar-refractivity contribution < 1.29 is 19.6 Å². The molecule has 0 heterocycles. The SMILES string of the molecule is CCOC(=O)[C@](C)(O)CNc1ccc([N+](=O)[O-])cc1Cl. The first-order chi connectivity index (χ1) is 9.27. The first-order valence-electron chi connectivity index (χ1n) is 5.85. The molecular weight excluding hydrogens is 288 g/mol. The number of carbonyl (C=O) groups excluding carboxylic acids is 1. The summed E-state index contributed by atoms with van der Waals surface area (Å²) in [6.45, 7) is 2.96. The zero-order chi connectivity index (χ0) is 15.3. The van der Waals surface area contributed by atoms with Gasteiger partial charge in [0.1, 0.15) is 0 Å². The van der Waals surface area contributed by atoms with E-state index in [-0.39, 0.29) is 23.9 Å². The number of nitrogens with zero attached hydrogens (tertiary/aromatic N) is 1. The molecule has 0 radical (unpaired) electrons. The Bertz CT molecular complexity index is 519. The summed E-state index contributed by atoms with van der Waals surface area (Å²) in [7, 11) is 0. The Morgan fingerprint density at radius 2 is 2.25 bits per heavy atom. The van der Waals surface area contributed by atoms with Crippen molar-refractivity contribution in [1.29, 1.82) is 0 Å². The zero-order valence-corrected chi connectivity index (χ0v) is 11.8. The van der Waals surface area contributed by atoms with Crippen LogP contribution in [0.2, 0.25) is 5.02 Å². The van der Waals surface area contributed by atoms with Crippen molar-refractivity contribution >= 4 is 28.9 Å². The van der Waals surface area contributed by atoms with Gasteiger partial charge in [-0.05, 0) is 19.9 Å². The van der Waals surface area contributed by atoms with E-state index in [0.717, 1.165) is 0 Å². The maximum atomic E-state index is 11.5. The van der Waals surface area contributed by atoms with Gasteiger partial charge in [-0.1, -0.05) is 11.6 Å². The molecule has 7 nitrogen and oxygen atoms in total. The maximum absolute atomic E-state index is 11.5. The van der Waals surface area contributed by atoms with E-state index in [4.69, 9.17) is 16.3 Å². The zero-order valence-electron chi connectivity index (χ0n) is 11.1. The van der Waals surface area contributed by atoms with E-state index in [1.807, 2.05) is 0 Å². The molecule has 0 aromatic heterocycles. The maximum Gasteiger partial charge on any atom is 0.339 e. The van der Waals surface area contributed by atoms with Crippen molar-refractivity contribution in [3.63, 3.8) is 0 Å². The molecule has 1 rings (SSSR count). The highest BCUT2D eigenvalue weighted by Crippen LogP contribution is 2.27. The molecule has 0 aliphatic rings. The predicted octanol–water partition coefficient (Wildman–Crippen LogP) is 1.97. The van der Waals surface area contributed by atoms with E-state index in [2.05, 4.69) is 5.32 Å². The second-order valence-corrected chi connectivity index (χ2v) is 4.68. The Morgan fingerprint density at radius 1 is 1.60 bits per heavy atom. The summed E-state index contributed by atoms with van der Waals surface area (Å²) < 4.78 is 4.72. The van der Waals surface area contributed by atoms with Crippen LogP contribution in [0.25, 0.3) is 0 Å². The molecule has 8 heteroatoms. The van der Waals surface area contributed by atoms with Gasteiger partial charge in [-0.25, -0.2) is 4.79 Å². The molecule has 0 fully saturated rings. The van der Waals surface area contributed by atoms with Crippen molar-refractivity contribution in [3.8, 4) is 0 Å². The van der Waals surface area contributed by atoms with Gasteiger partial charge in [0.15, 0.2) is 5.60 Å². The van der Waals surface area contributed by atoms with Crippen LogP contribution in [0.3, 0.4) is 0 Å². The molecule has 0 aliphatic heterocycles. The van der Waals surface area contributed by atoms with Crippen LogP contribution < -0.4 is 5.32 Å². The normalized spacial score (nSPS) is 13.4. The number of carbonyl (C=O) groups is 1. The van der Waals surface area contributed by atoms with E-state index in [1.165, 1.54) is 25.1 Å². The highest BCUT2D eigenvalue weighted by Gasteiger charge is 2.31. The van der Waals surface area contributed by atoms with Crippen LogP contribution in [0.1, 0.15) is 13.8 Å². The molecule has 0 spiro atoms. The fourth-order valence-electron chi connectivity index (χ4n) is 1.39. The number of anilines is 1. The van der Waals surface area contributed by atoms with Gasteiger partial charge in [0, 0.05) is 12.1 Å². The van der Waals surface area contributed by atoms with Gasteiger partial charge in [0.05, 0.1) is 28.8 Å². The number of hydrogen-bond acceptors (Lipinski definition) is 6. The van der Waals surface area contributed by atoms with Gasteiger partial charge in [-0.15, -0.1) is 0 Å². The third-order valence-electron chi connectivity index (χ3n) is 2.50. The van der Waals surface area contributed by atoms with E-state index in [9.17, 15) is 20.0 Å². The van der Waals surface area contributed by atoms with Gasteiger partial charge in [-0.3, -0.25) is 10.1 Å². The topological polar surface area (TPSA) is 102 Å². The quantitative estimate of drug-likeness (QED) is 0.473. The molecule has 0 bridgehead atoms. The average molecular weight is 303 g/mol. The monoisotopic (exact) mass is 302 g/mol. The highest BCUT2D eigenvalue weighted by atomic mass is 35.5. The molecule has 1 aromatic carbocycles. The number of hydrogen-bond donors (Lipinski definition) is 2. The lowest BCUT2D eigenvalue weighted by molar-refractivity contribution is -0.384. The molecule has 0 unspecified atom stereocenters. The number of nitro benzene ring substituents is 1. The smallest absolute Gasteiger partial charge is 0.339 e. The molecular formula is C12H15ClN2O5. The lowest BCUT2D eigenvalue weighted by atomic mass is 10.1. The Hall–Kier alpha value is -1.86. The highest BCUT2D eigenvalue weighted by molar-refractivity contribution is 6.33. The molecule has 110 valence electrons. The Kier molecular flexibility index (Phi) is 5.29. The van der Waals surface area contributed by atoms with E-state index < -0.39 is 16.5 Å². The molecule has 0 amide bonds. The number of nitrogens with one attached hydrogen (secondary N) is 1. The number of nitro groups is 1. The number of halogens is 1. The largest absolute Gasteiger partial charge is 0.464 e. The summed E-state index contributed by atoms with van der Waals surface area (Å²) in [4.78, 5) is 21.5. The van der Waals surface area contributed by atoms with E-state index in [1.54, 1.807) is 6.92 Å². The lowest BCUT2D eigenvalue weighted by Gasteiger charge is -2.22. The minimum Gasteiger partial charge on any atom is -0.464 e. The second kappa shape index (κ2) is 6.53. The van der Waals surface area contributed by atoms with Crippen molar-refractivity contribution in [2.75, 3.05) is 18.5 Å². The molecule has 20 heavy (non-hydrogen) atoms. The van der Waals surface area contributed by atoms with Gasteiger partial charge >= 0.3 is 5.97 Å². The first-order valence-corrected chi connectivity index (χ1v) is 6.23. The van der Waals surface area contributed by atoms with Crippen LogP contribution in [-0.2, 0) is 9.53 Å². The van der Waals surface area contributed by atoms with Gasteiger partial charge in [0.2, 0.25) is 0 Å². The van der Waals surface area contributed by atoms with Crippen molar-refractivity contribution in [2.24, 2.45) is 0 Å². The van der Waals surface area contributed by atoms with Crippen LogP contribution in [0, 0.1) is 10.1 Å². The Balaban J connectivity index is 2.75. The van der Waals surface area contributed by atoms with Crippen LogP contribution in [0.5, 0.6) is 0 Å². The third-order valence-corrected chi connectivity index (χ3v) is 2.81. The predicted molar refractivity (Wildman–Crippen MR) is 73.9 cm³/mol. The Morgan fingerprint density at radius 3 is 2.75 bits per heavy atom. The fourth-order valence-corrected chi connectivity index (χ4v) is 1.63. The molecule has 0 saturated heterocycles. The van der Waals surface area contributed by atoms with Crippen LogP contribution >= 0.6 is 11.6 Å². The van der Waals surface area contributed by atoms with Gasteiger partial charge in [-0.2, -0.15) is 0 Å². The number of ether oxygens (including phenoxy) is 1. The third kappa shape index (κ3) is 4.07. The molecule has 2 N–H and O–H groups in total. The van der Waals surface area contributed by atoms with Crippen molar-refractivity contribution in [3.05, 3.63) is 33.3 Å². The van der Waals surface area contributed by atoms with Crippen LogP contribution in [0.4, 0.5) is 11.4 Å². The minimum atomic E-state index is -1.72. The Labute approximate surface area is 120 Å². The van der Waals surface area contributed by atoms with Crippen molar-refractivity contribution in [2.45, 2.75) is 19.4 Å². The van der Waals surface area contributed by atoms with Crippen LogP contribution in [-0.4, -0.2) is 34.8 Å². The number of benzene rings is 1. The molecule has 0 aliphatic carbocycles.